The third-order valence-electron chi connectivity index (χ3n) is 4.87. The van der Waals surface area contributed by atoms with Crippen LogP contribution in [0, 0.1) is 0 Å². The second-order valence-electron chi connectivity index (χ2n) is 7.07. The standard InChI is InChI=1S/C23H28N2O4/c26-22(19-29-23(27)12-7-17-28-21-10-5-2-6-11-21)25-15-13-24(14-16-25)18-20-8-3-1-4-9-20/h1-6,8-11H,7,12-19H2. The number of para-hydroxylation sites is 1. The molecule has 1 heterocycles. The summed E-state index contributed by atoms with van der Waals surface area (Å²) in [4.78, 5) is 28.2. The van der Waals surface area contributed by atoms with E-state index in [0.29, 0.717) is 26.1 Å². The van der Waals surface area contributed by atoms with Crippen molar-refractivity contribution in [2.24, 2.45) is 0 Å². The smallest absolute Gasteiger partial charge is 0.306 e. The lowest BCUT2D eigenvalue weighted by atomic mass is 10.2. The maximum absolute atomic E-state index is 12.3. The number of esters is 1. The molecule has 0 saturated carbocycles. The SMILES string of the molecule is O=C(CCCOc1ccccc1)OCC(=O)N1CCN(Cc2ccccc2)CC1. The fourth-order valence-electron chi connectivity index (χ4n) is 3.23. The second-order valence-corrected chi connectivity index (χ2v) is 7.07. The molecule has 0 bridgehead atoms. The van der Waals surface area contributed by atoms with Gasteiger partial charge in [0.25, 0.3) is 5.91 Å². The number of piperazine rings is 1. The number of rotatable bonds is 9. The number of amides is 1. The van der Waals surface area contributed by atoms with Crippen LogP contribution < -0.4 is 4.74 Å². The van der Waals surface area contributed by atoms with E-state index in [1.165, 1.54) is 5.56 Å². The lowest BCUT2D eigenvalue weighted by molar-refractivity contribution is -0.152. The van der Waals surface area contributed by atoms with Crippen LogP contribution in [0.3, 0.4) is 0 Å². The highest BCUT2D eigenvalue weighted by Gasteiger charge is 2.22. The zero-order chi connectivity index (χ0) is 20.3. The van der Waals surface area contributed by atoms with Crippen LogP contribution in [0.4, 0.5) is 0 Å². The van der Waals surface area contributed by atoms with Crippen molar-refractivity contribution < 1.29 is 19.1 Å². The van der Waals surface area contributed by atoms with Gasteiger partial charge in [0.15, 0.2) is 6.61 Å². The Bertz CT molecular complexity index is 759. The minimum atomic E-state index is -0.363. The zero-order valence-electron chi connectivity index (χ0n) is 16.7. The molecule has 0 atom stereocenters. The third kappa shape index (κ3) is 7.23. The van der Waals surface area contributed by atoms with E-state index in [0.717, 1.165) is 25.4 Å². The number of ether oxygens (including phenoxy) is 2. The summed E-state index contributed by atoms with van der Waals surface area (Å²) in [6.45, 7) is 4.12. The predicted molar refractivity (Wildman–Crippen MR) is 110 cm³/mol. The van der Waals surface area contributed by atoms with E-state index in [4.69, 9.17) is 9.47 Å². The molecule has 1 fully saturated rings. The van der Waals surface area contributed by atoms with Crippen molar-refractivity contribution in [2.75, 3.05) is 39.4 Å². The van der Waals surface area contributed by atoms with Crippen molar-refractivity contribution in [2.45, 2.75) is 19.4 Å². The molecule has 1 amide bonds. The topological polar surface area (TPSA) is 59.1 Å². The van der Waals surface area contributed by atoms with Gasteiger partial charge in [-0.2, -0.15) is 0 Å². The Morgan fingerprint density at radius 1 is 0.862 bits per heavy atom. The Morgan fingerprint density at radius 3 is 2.21 bits per heavy atom. The zero-order valence-corrected chi connectivity index (χ0v) is 16.7. The first-order valence-electron chi connectivity index (χ1n) is 10.1. The summed E-state index contributed by atoms with van der Waals surface area (Å²) in [5.74, 6) is 0.290. The molecule has 0 spiro atoms. The lowest BCUT2D eigenvalue weighted by Gasteiger charge is -2.34. The first-order valence-corrected chi connectivity index (χ1v) is 10.1. The molecule has 6 nitrogen and oxygen atoms in total. The summed E-state index contributed by atoms with van der Waals surface area (Å²) >= 11 is 0. The first-order chi connectivity index (χ1) is 14.2. The predicted octanol–water partition coefficient (Wildman–Crippen LogP) is 2.73. The molecule has 1 saturated heterocycles. The molecule has 2 aromatic rings. The number of benzene rings is 2. The molecular formula is C23H28N2O4. The van der Waals surface area contributed by atoms with E-state index in [1.54, 1.807) is 4.90 Å². The van der Waals surface area contributed by atoms with E-state index in [2.05, 4.69) is 17.0 Å². The average Bonchev–Trinajstić information content (AvgIpc) is 2.77. The van der Waals surface area contributed by atoms with Gasteiger partial charge in [0, 0.05) is 39.1 Å². The Morgan fingerprint density at radius 2 is 1.52 bits per heavy atom. The van der Waals surface area contributed by atoms with Crippen molar-refractivity contribution >= 4 is 11.9 Å². The van der Waals surface area contributed by atoms with E-state index in [-0.39, 0.29) is 24.9 Å². The third-order valence-corrected chi connectivity index (χ3v) is 4.87. The number of nitrogens with zero attached hydrogens (tertiary/aromatic N) is 2. The summed E-state index contributed by atoms with van der Waals surface area (Å²) in [6, 6.07) is 19.8. The molecule has 29 heavy (non-hydrogen) atoms. The average molecular weight is 396 g/mol. The summed E-state index contributed by atoms with van der Waals surface area (Å²) in [5, 5.41) is 0. The van der Waals surface area contributed by atoms with Crippen LogP contribution in [0.2, 0.25) is 0 Å². The van der Waals surface area contributed by atoms with Crippen molar-refractivity contribution in [3.63, 3.8) is 0 Å². The molecule has 154 valence electrons. The minimum Gasteiger partial charge on any atom is -0.494 e. The lowest BCUT2D eigenvalue weighted by Crippen LogP contribution is -2.49. The molecule has 0 N–H and O–H groups in total. The van der Waals surface area contributed by atoms with Gasteiger partial charge in [-0.05, 0) is 24.1 Å². The van der Waals surface area contributed by atoms with E-state index >= 15 is 0 Å². The van der Waals surface area contributed by atoms with Crippen LogP contribution in [-0.4, -0.2) is 61.1 Å². The van der Waals surface area contributed by atoms with Crippen molar-refractivity contribution in [3.8, 4) is 5.75 Å². The fourth-order valence-corrected chi connectivity index (χ4v) is 3.23. The van der Waals surface area contributed by atoms with Crippen molar-refractivity contribution in [3.05, 3.63) is 66.2 Å². The van der Waals surface area contributed by atoms with Gasteiger partial charge in [-0.3, -0.25) is 14.5 Å². The van der Waals surface area contributed by atoms with Gasteiger partial charge in [0.2, 0.25) is 0 Å². The molecule has 1 aliphatic heterocycles. The highest BCUT2D eigenvalue weighted by molar-refractivity contribution is 5.80. The van der Waals surface area contributed by atoms with Crippen LogP contribution >= 0.6 is 0 Å². The number of hydrogen-bond donors (Lipinski definition) is 0. The summed E-state index contributed by atoms with van der Waals surface area (Å²) in [6.07, 6.45) is 0.797. The van der Waals surface area contributed by atoms with Gasteiger partial charge < -0.3 is 14.4 Å². The second kappa shape index (κ2) is 11.2. The Balaban J connectivity index is 1.27. The van der Waals surface area contributed by atoms with Crippen LogP contribution in [-0.2, 0) is 20.9 Å². The number of hydrogen-bond acceptors (Lipinski definition) is 5. The molecule has 6 heteroatoms. The van der Waals surface area contributed by atoms with Crippen molar-refractivity contribution in [1.29, 1.82) is 0 Å². The monoisotopic (exact) mass is 396 g/mol. The highest BCUT2D eigenvalue weighted by Crippen LogP contribution is 2.10. The van der Waals surface area contributed by atoms with E-state index in [9.17, 15) is 9.59 Å². The molecule has 0 unspecified atom stereocenters. The maximum Gasteiger partial charge on any atom is 0.306 e. The Kier molecular flexibility index (Phi) is 8.07. The van der Waals surface area contributed by atoms with Crippen molar-refractivity contribution in [1.82, 2.24) is 9.80 Å². The number of carbonyl (C=O) groups excluding carboxylic acids is 2. The van der Waals surface area contributed by atoms with Gasteiger partial charge in [-0.25, -0.2) is 0 Å². The van der Waals surface area contributed by atoms with Crippen LogP contribution in [0.1, 0.15) is 18.4 Å². The van der Waals surface area contributed by atoms with Crippen LogP contribution in [0.15, 0.2) is 60.7 Å². The highest BCUT2D eigenvalue weighted by atomic mass is 16.5. The van der Waals surface area contributed by atoms with E-state index in [1.807, 2.05) is 48.5 Å². The minimum absolute atomic E-state index is 0.127. The Hall–Kier alpha value is -2.86. The van der Waals surface area contributed by atoms with Crippen LogP contribution in [0.5, 0.6) is 5.75 Å². The van der Waals surface area contributed by atoms with Gasteiger partial charge in [0.05, 0.1) is 6.61 Å². The molecule has 1 aliphatic rings. The van der Waals surface area contributed by atoms with Gasteiger partial charge in [0.1, 0.15) is 5.75 Å². The fraction of sp³-hybridized carbons (Fsp3) is 0.391. The van der Waals surface area contributed by atoms with Gasteiger partial charge >= 0.3 is 5.97 Å². The molecule has 3 rings (SSSR count). The molecule has 0 aliphatic carbocycles. The summed E-state index contributed by atoms with van der Waals surface area (Å²) < 4.78 is 10.7. The number of carbonyl (C=O) groups is 2. The summed E-state index contributed by atoms with van der Waals surface area (Å²) in [7, 11) is 0. The molecular weight excluding hydrogens is 368 g/mol. The Labute approximate surface area is 172 Å². The first kappa shape index (κ1) is 20.9. The van der Waals surface area contributed by atoms with Gasteiger partial charge in [-0.15, -0.1) is 0 Å². The normalized spacial score (nSPS) is 14.4. The summed E-state index contributed by atoms with van der Waals surface area (Å²) in [5.41, 5.74) is 1.28. The van der Waals surface area contributed by atoms with Crippen LogP contribution in [0.25, 0.3) is 0 Å². The maximum atomic E-state index is 12.3. The molecule has 2 aromatic carbocycles. The molecule has 0 aromatic heterocycles. The largest absolute Gasteiger partial charge is 0.494 e. The van der Waals surface area contributed by atoms with Gasteiger partial charge in [-0.1, -0.05) is 48.5 Å². The quantitative estimate of drug-likeness (QED) is 0.482. The van der Waals surface area contributed by atoms with E-state index < -0.39 is 0 Å². The molecule has 0 radical (unpaired) electrons.